The molecular weight excluding hydrogens is 468 g/mol. The van der Waals surface area contributed by atoms with Crippen LogP contribution in [-0.2, 0) is 9.59 Å². The van der Waals surface area contributed by atoms with Crippen LogP contribution in [-0.4, -0.2) is 63.4 Å². The van der Waals surface area contributed by atoms with E-state index < -0.39 is 11.0 Å². The molecule has 10 heteroatoms. The molecule has 1 aliphatic rings. The maximum absolute atomic E-state index is 11.9. The van der Waals surface area contributed by atoms with Crippen molar-refractivity contribution in [3.05, 3.63) is 48.4 Å². The number of amides is 1. The molecule has 1 fully saturated rings. The number of benzene rings is 2. The molecule has 0 bridgehead atoms. The number of nitrogens with one attached hydrogen (secondary N) is 1. The summed E-state index contributed by atoms with van der Waals surface area (Å²) in [5.41, 5.74) is 2.83. The van der Waals surface area contributed by atoms with Crippen molar-refractivity contribution >= 4 is 44.6 Å². The van der Waals surface area contributed by atoms with E-state index in [1.807, 2.05) is 31.3 Å². The number of hydrogen-bond acceptors (Lipinski definition) is 8. The first-order valence-corrected chi connectivity index (χ1v) is 12.2. The van der Waals surface area contributed by atoms with Crippen molar-refractivity contribution in [2.45, 2.75) is 13.3 Å². The van der Waals surface area contributed by atoms with Crippen LogP contribution < -0.4 is 14.2 Å². The summed E-state index contributed by atoms with van der Waals surface area (Å²) >= 11 is 1.07. The number of H-pyrrole nitrogens is 1. The molecule has 0 spiro atoms. The number of rotatable bonds is 8. The van der Waals surface area contributed by atoms with Crippen LogP contribution in [0.15, 0.2) is 42.9 Å². The Balaban J connectivity index is 1.32. The van der Waals surface area contributed by atoms with Crippen LogP contribution in [0.3, 0.4) is 0 Å². The maximum Gasteiger partial charge on any atom is 0.301 e. The number of ether oxygens (including phenoxy) is 3. The van der Waals surface area contributed by atoms with Gasteiger partial charge in [0.25, 0.3) is 5.12 Å². The number of aromatic nitrogens is 3. The third-order valence-electron chi connectivity index (χ3n) is 5.84. The molecule has 5 rings (SSSR count). The fraction of sp³-hybridized carbons (Fsp3) is 0.280. The molecule has 180 valence electrons. The van der Waals surface area contributed by atoms with Crippen LogP contribution in [0.1, 0.15) is 12.0 Å². The van der Waals surface area contributed by atoms with Crippen LogP contribution >= 0.6 is 11.8 Å². The van der Waals surface area contributed by atoms with Gasteiger partial charge in [0.15, 0.2) is 11.5 Å². The van der Waals surface area contributed by atoms with Crippen molar-refractivity contribution in [1.82, 2.24) is 19.9 Å². The van der Waals surface area contributed by atoms with Gasteiger partial charge in [-0.1, -0.05) is 11.8 Å². The summed E-state index contributed by atoms with van der Waals surface area (Å²) in [5.74, 6) is 2.34. The van der Waals surface area contributed by atoms with Crippen molar-refractivity contribution in [3.63, 3.8) is 0 Å². The van der Waals surface area contributed by atoms with E-state index in [-0.39, 0.29) is 0 Å². The molecule has 0 atom stereocenters. The van der Waals surface area contributed by atoms with Gasteiger partial charge in [-0.05, 0) is 43.2 Å². The van der Waals surface area contributed by atoms with Gasteiger partial charge in [-0.15, -0.1) is 0 Å². The standard InChI is InChI=1S/C25H24N4O5S/c1-15-13-26-19-5-4-16(10-17(15)19)34-23-18-11-21(32-2)22(12-20(18)27-14-28-23)33-8-3-6-29-7-9-35-25(31)24(29)30/h4-5,10-14,26H,3,6-9H2,1-2H3. The topological polar surface area (TPSA) is 107 Å². The maximum atomic E-state index is 11.9. The highest BCUT2D eigenvalue weighted by Crippen LogP contribution is 2.36. The molecule has 3 heterocycles. The van der Waals surface area contributed by atoms with Gasteiger partial charge in [0.05, 0.1) is 24.6 Å². The number of thioether (sulfide) groups is 1. The predicted molar refractivity (Wildman–Crippen MR) is 133 cm³/mol. The first-order chi connectivity index (χ1) is 17.0. The molecule has 35 heavy (non-hydrogen) atoms. The van der Waals surface area contributed by atoms with Gasteiger partial charge in [-0.3, -0.25) is 9.59 Å². The molecule has 1 aliphatic heterocycles. The van der Waals surface area contributed by atoms with Crippen LogP contribution in [0.2, 0.25) is 0 Å². The van der Waals surface area contributed by atoms with Crippen LogP contribution in [0, 0.1) is 6.92 Å². The molecule has 0 radical (unpaired) electrons. The Morgan fingerprint density at radius 1 is 1.11 bits per heavy atom. The Kier molecular flexibility index (Phi) is 6.45. The lowest BCUT2D eigenvalue weighted by atomic mass is 10.2. The summed E-state index contributed by atoms with van der Waals surface area (Å²) in [5, 5.41) is 1.38. The second-order valence-corrected chi connectivity index (χ2v) is 9.18. The fourth-order valence-corrected chi connectivity index (χ4v) is 4.75. The molecule has 0 unspecified atom stereocenters. The van der Waals surface area contributed by atoms with Crippen molar-refractivity contribution < 1.29 is 23.8 Å². The van der Waals surface area contributed by atoms with E-state index in [1.165, 1.54) is 6.33 Å². The first-order valence-electron chi connectivity index (χ1n) is 11.2. The lowest BCUT2D eigenvalue weighted by Gasteiger charge is -2.25. The van der Waals surface area contributed by atoms with Gasteiger partial charge in [-0.2, -0.15) is 0 Å². The first kappa shape index (κ1) is 23.0. The van der Waals surface area contributed by atoms with E-state index in [1.54, 1.807) is 24.1 Å². The molecule has 0 aliphatic carbocycles. The molecule has 4 aromatic rings. The largest absolute Gasteiger partial charge is 0.493 e. The lowest BCUT2D eigenvalue weighted by Crippen LogP contribution is -2.42. The summed E-state index contributed by atoms with van der Waals surface area (Å²) in [7, 11) is 1.57. The quantitative estimate of drug-likeness (QED) is 0.290. The molecule has 9 nitrogen and oxygen atoms in total. The summed E-state index contributed by atoms with van der Waals surface area (Å²) in [6.45, 7) is 3.44. The van der Waals surface area contributed by atoms with Gasteiger partial charge < -0.3 is 24.1 Å². The highest BCUT2D eigenvalue weighted by Gasteiger charge is 2.26. The van der Waals surface area contributed by atoms with Crippen molar-refractivity contribution in [2.75, 3.05) is 32.6 Å². The Morgan fingerprint density at radius 2 is 2.00 bits per heavy atom. The van der Waals surface area contributed by atoms with Crippen LogP contribution in [0.5, 0.6) is 23.1 Å². The molecule has 1 N–H and O–H groups in total. The average molecular weight is 493 g/mol. The second-order valence-electron chi connectivity index (χ2n) is 8.11. The fourth-order valence-electron chi connectivity index (χ4n) is 4.00. The SMILES string of the molecule is COc1cc2c(Oc3ccc4[nH]cc(C)c4c3)ncnc2cc1OCCCN1CCSC(=O)C1=O. The summed E-state index contributed by atoms with van der Waals surface area (Å²) < 4.78 is 17.6. The molecule has 0 saturated carbocycles. The smallest absolute Gasteiger partial charge is 0.301 e. The van der Waals surface area contributed by atoms with E-state index in [0.29, 0.717) is 65.9 Å². The summed E-state index contributed by atoms with van der Waals surface area (Å²) in [6, 6.07) is 9.42. The number of aromatic amines is 1. The monoisotopic (exact) mass is 492 g/mol. The van der Waals surface area contributed by atoms with Gasteiger partial charge in [-0.25, -0.2) is 9.97 Å². The number of carbonyl (C=O) groups excluding carboxylic acids is 2. The third kappa shape index (κ3) is 4.74. The predicted octanol–water partition coefficient (Wildman–Crippen LogP) is 4.09. The van der Waals surface area contributed by atoms with Gasteiger partial charge in [0.1, 0.15) is 12.1 Å². The van der Waals surface area contributed by atoms with Crippen LogP contribution in [0.4, 0.5) is 0 Å². The zero-order valence-electron chi connectivity index (χ0n) is 19.4. The molecule has 2 aromatic carbocycles. The number of aryl methyl sites for hydroxylation is 1. The minimum atomic E-state index is -0.431. The molecular formula is C25H24N4O5S. The van der Waals surface area contributed by atoms with Gasteiger partial charge in [0, 0.05) is 42.0 Å². The van der Waals surface area contributed by atoms with E-state index in [9.17, 15) is 9.59 Å². The Bertz CT molecular complexity index is 1420. The molecule has 1 amide bonds. The zero-order valence-corrected chi connectivity index (χ0v) is 20.2. The summed E-state index contributed by atoms with van der Waals surface area (Å²) in [4.78, 5) is 37.0. The number of hydrogen-bond donors (Lipinski definition) is 1. The van der Waals surface area contributed by atoms with Crippen LogP contribution in [0.25, 0.3) is 21.8 Å². The number of carbonyl (C=O) groups is 2. The number of methoxy groups -OCH3 is 1. The van der Waals surface area contributed by atoms with E-state index in [0.717, 1.165) is 28.2 Å². The minimum Gasteiger partial charge on any atom is -0.493 e. The lowest BCUT2D eigenvalue weighted by molar-refractivity contribution is -0.140. The third-order valence-corrected chi connectivity index (χ3v) is 6.67. The highest BCUT2D eigenvalue weighted by atomic mass is 32.2. The van der Waals surface area contributed by atoms with Gasteiger partial charge in [0.2, 0.25) is 5.88 Å². The normalized spacial score (nSPS) is 14.1. The Morgan fingerprint density at radius 3 is 2.86 bits per heavy atom. The van der Waals surface area contributed by atoms with Crippen molar-refractivity contribution in [1.29, 1.82) is 0 Å². The Labute approximate surface area is 205 Å². The minimum absolute atomic E-state index is 0.359. The number of fused-ring (bicyclic) bond motifs is 2. The average Bonchev–Trinajstić information content (AvgIpc) is 3.24. The molecule has 1 saturated heterocycles. The van der Waals surface area contributed by atoms with E-state index in [4.69, 9.17) is 14.2 Å². The van der Waals surface area contributed by atoms with E-state index >= 15 is 0 Å². The van der Waals surface area contributed by atoms with Gasteiger partial charge >= 0.3 is 5.91 Å². The van der Waals surface area contributed by atoms with Crippen molar-refractivity contribution in [2.24, 2.45) is 0 Å². The van der Waals surface area contributed by atoms with Crippen molar-refractivity contribution in [3.8, 4) is 23.1 Å². The Hall–Kier alpha value is -3.79. The molecule has 2 aromatic heterocycles. The second kappa shape index (κ2) is 9.83. The number of nitrogens with zero attached hydrogens (tertiary/aromatic N) is 3. The summed E-state index contributed by atoms with van der Waals surface area (Å²) in [6.07, 6.45) is 4.00. The highest BCUT2D eigenvalue weighted by molar-refractivity contribution is 8.15. The van der Waals surface area contributed by atoms with E-state index in [2.05, 4.69) is 15.0 Å². The zero-order chi connectivity index (χ0) is 24.4.